The monoisotopic (exact) mass is 332 g/mol. The first-order chi connectivity index (χ1) is 9.61. The number of nitrogens with zero attached hydrogens (tertiary/aromatic N) is 1. The number of hydrogen-bond acceptors (Lipinski definition) is 2. The van der Waals surface area contributed by atoms with Crippen LogP contribution >= 0.6 is 15.9 Å². The molecule has 0 saturated carbocycles. The van der Waals surface area contributed by atoms with Gasteiger partial charge in [-0.25, -0.2) is 0 Å². The van der Waals surface area contributed by atoms with Crippen LogP contribution in [0.2, 0.25) is 0 Å². The van der Waals surface area contributed by atoms with Gasteiger partial charge in [0.05, 0.1) is 6.04 Å². The van der Waals surface area contributed by atoms with E-state index in [0.717, 1.165) is 17.4 Å². The summed E-state index contributed by atoms with van der Waals surface area (Å²) < 4.78 is 1.15. The molecule has 0 saturated heterocycles. The molecule has 106 valence electrons. The van der Waals surface area contributed by atoms with Crippen LogP contribution in [-0.2, 0) is 0 Å². The van der Waals surface area contributed by atoms with Crippen molar-refractivity contribution in [3.8, 4) is 0 Å². The number of halogens is 1. The van der Waals surface area contributed by atoms with Crippen molar-refractivity contribution >= 4 is 15.9 Å². The molecular weight excluding hydrogens is 312 g/mol. The van der Waals surface area contributed by atoms with Crippen LogP contribution in [0.4, 0.5) is 0 Å². The molecule has 2 aromatic rings. The van der Waals surface area contributed by atoms with E-state index in [-0.39, 0.29) is 6.04 Å². The minimum absolute atomic E-state index is 0.203. The van der Waals surface area contributed by atoms with Gasteiger partial charge >= 0.3 is 0 Å². The summed E-state index contributed by atoms with van der Waals surface area (Å²) in [6.45, 7) is 7.39. The molecule has 0 fully saturated rings. The van der Waals surface area contributed by atoms with E-state index < -0.39 is 0 Å². The topological polar surface area (TPSA) is 24.9 Å². The van der Waals surface area contributed by atoms with Crippen molar-refractivity contribution in [2.45, 2.75) is 33.2 Å². The van der Waals surface area contributed by atoms with Gasteiger partial charge in [-0.15, -0.1) is 0 Å². The van der Waals surface area contributed by atoms with E-state index in [1.54, 1.807) is 0 Å². The minimum Gasteiger partial charge on any atom is -0.306 e. The molecule has 1 aromatic carbocycles. The maximum Gasteiger partial charge on any atom is 0.0592 e. The highest BCUT2D eigenvalue weighted by Crippen LogP contribution is 2.26. The van der Waals surface area contributed by atoms with Crippen LogP contribution in [0.25, 0.3) is 0 Å². The van der Waals surface area contributed by atoms with Crippen molar-refractivity contribution in [1.29, 1.82) is 0 Å². The molecule has 3 heteroatoms. The fourth-order valence-corrected chi connectivity index (χ4v) is 2.55. The molecule has 1 unspecified atom stereocenters. The summed E-state index contributed by atoms with van der Waals surface area (Å²) >= 11 is 3.57. The lowest BCUT2D eigenvalue weighted by Gasteiger charge is -2.20. The van der Waals surface area contributed by atoms with Crippen molar-refractivity contribution < 1.29 is 0 Å². The first kappa shape index (κ1) is 15.2. The third-order valence-electron chi connectivity index (χ3n) is 3.34. The Morgan fingerprint density at radius 1 is 1.15 bits per heavy atom. The smallest absolute Gasteiger partial charge is 0.0592 e. The third kappa shape index (κ3) is 3.68. The van der Waals surface area contributed by atoms with Gasteiger partial charge in [0, 0.05) is 16.9 Å². The zero-order valence-corrected chi connectivity index (χ0v) is 13.9. The number of aromatic nitrogens is 1. The van der Waals surface area contributed by atoms with Crippen molar-refractivity contribution in [2.24, 2.45) is 0 Å². The first-order valence-corrected chi connectivity index (χ1v) is 7.82. The maximum absolute atomic E-state index is 4.33. The molecule has 0 spiro atoms. The third-order valence-corrected chi connectivity index (χ3v) is 4.23. The molecule has 0 bridgehead atoms. The average Bonchev–Trinajstić information content (AvgIpc) is 2.43. The summed E-state index contributed by atoms with van der Waals surface area (Å²) in [4.78, 5) is 4.33. The number of aryl methyl sites for hydroxylation is 2. The molecule has 0 aliphatic rings. The summed E-state index contributed by atoms with van der Waals surface area (Å²) in [5, 5.41) is 3.62. The Labute approximate surface area is 129 Å². The molecule has 1 N–H and O–H groups in total. The predicted octanol–water partition coefficient (Wildman–Crippen LogP) is 4.55. The van der Waals surface area contributed by atoms with Crippen LogP contribution in [0.3, 0.4) is 0 Å². The van der Waals surface area contributed by atoms with Gasteiger partial charge in [-0.3, -0.25) is 4.98 Å². The number of pyridine rings is 1. The molecule has 1 atom stereocenters. The maximum atomic E-state index is 4.33. The van der Waals surface area contributed by atoms with E-state index in [1.807, 2.05) is 12.4 Å². The Morgan fingerprint density at radius 3 is 2.60 bits per heavy atom. The summed E-state index contributed by atoms with van der Waals surface area (Å²) in [6, 6.07) is 8.94. The lowest BCUT2D eigenvalue weighted by atomic mass is 9.97. The van der Waals surface area contributed by atoms with Crippen molar-refractivity contribution in [2.75, 3.05) is 6.54 Å². The van der Waals surface area contributed by atoms with Crippen LogP contribution in [-0.4, -0.2) is 11.5 Å². The summed E-state index contributed by atoms with van der Waals surface area (Å²) in [5.74, 6) is 0. The Bertz CT molecular complexity index is 581. The van der Waals surface area contributed by atoms with Gasteiger partial charge < -0.3 is 5.32 Å². The van der Waals surface area contributed by atoms with E-state index in [1.165, 1.54) is 22.3 Å². The summed E-state index contributed by atoms with van der Waals surface area (Å²) in [5.41, 5.74) is 4.96. The lowest BCUT2D eigenvalue weighted by Crippen LogP contribution is -2.23. The summed E-state index contributed by atoms with van der Waals surface area (Å²) in [6.07, 6.45) is 4.97. The normalized spacial score (nSPS) is 12.4. The highest BCUT2D eigenvalue weighted by Gasteiger charge is 2.14. The van der Waals surface area contributed by atoms with E-state index in [2.05, 4.69) is 71.3 Å². The van der Waals surface area contributed by atoms with Gasteiger partial charge in [-0.2, -0.15) is 0 Å². The fraction of sp³-hybridized carbons (Fsp3) is 0.353. The van der Waals surface area contributed by atoms with Crippen LogP contribution in [0.15, 0.2) is 41.1 Å². The van der Waals surface area contributed by atoms with Crippen molar-refractivity contribution in [1.82, 2.24) is 10.3 Å². The molecule has 20 heavy (non-hydrogen) atoms. The zero-order valence-electron chi connectivity index (χ0n) is 12.3. The molecule has 0 radical (unpaired) electrons. The second-order valence-electron chi connectivity index (χ2n) is 5.19. The largest absolute Gasteiger partial charge is 0.306 e. The fourth-order valence-electron chi connectivity index (χ4n) is 2.30. The van der Waals surface area contributed by atoms with Crippen LogP contribution in [0.1, 0.15) is 41.6 Å². The van der Waals surface area contributed by atoms with Gasteiger partial charge in [-0.05, 0) is 55.1 Å². The Balaban J connectivity index is 2.38. The van der Waals surface area contributed by atoms with Crippen LogP contribution in [0, 0.1) is 13.8 Å². The number of rotatable bonds is 5. The Hall–Kier alpha value is -1.19. The second-order valence-corrected chi connectivity index (χ2v) is 6.05. The highest BCUT2D eigenvalue weighted by atomic mass is 79.9. The molecule has 0 aliphatic heterocycles. The van der Waals surface area contributed by atoms with Gasteiger partial charge in [0.15, 0.2) is 0 Å². The average molecular weight is 333 g/mol. The molecule has 2 nitrogen and oxygen atoms in total. The number of benzene rings is 1. The predicted molar refractivity (Wildman–Crippen MR) is 88.0 cm³/mol. The van der Waals surface area contributed by atoms with Gasteiger partial charge in [0.25, 0.3) is 0 Å². The number of hydrogen-bond donors (Lipinski definition) is 1. The molecule has 2 rings (SSSR count). The lowest BCUT2D eigenvalue weighted by molar-refractivity contribution is 0.596. The van der Waals surface area contributed by atoms with Crippen LogP contribution in [0.5, 0.6) is 0 Å². The Kier molecular flexibility index (Phi) is 5.32. The van der Waals surface area contributed by atoms with E-state index in [0.29, 0.717) is 0 Å². The van der Waals surface area contributed by atoms with Gasteiger partial charge in [0.1, 0.15) is 0 Å². The highest BCUT2D eigenvalue weighted by molar-refractivity contribution is 9.10. The Morgan fingerprint density at radius 2 is 1.95 bits per heavy atom. The molecular formula is C17H21BrN2. The second kappa shape index (κ2) is 7.00. The SMILES string of the molecule is CCCNC(c1cncc(C)c1)c1ccc(Br)c(C)c1. The minimum atomic E-state index is 0.203. The van der Waals surface area contributed by atoms with Crippen molar-refractivity contribution in [3.63, 3.8) is 0 Å². The van der Waals surface area contributed by atoms with Gasteiger partial charge in [-0.1, -0.05) is 41.1 Å². The molecule has 1 aromatic heterocycles. The molecule has 1 heterocycles. The molecule has 0 amide bonds. The van der Waals surface area contributed by atoms with Crippen molar-refractivity contribution in [3.05, 3.63) is 63.4 Å². The quantitative estimate of drug-likeness (QED) is 0.868. The van der Waals surface area contributed by atoms with Gasteiger partial charge in [0.2, 0.25) is 0 Å². The summed E-state index contributed by atoms with van der Waals surface area (Å²) in [7, 11) is 0. The standard InChI is InChI=1S/C17H21BrN2/c1-4-7-20-17(15-8-12(2)10-19-11-15)14-5-6-16(18)13(3)9-14/h5-6,8-11,17,20H,4,7H2,1-3H3. The zero-order chi connectivity index (χ0) is 14.5. The van der Waals surface area contributed by atoms with Crippen LogP contribution < -0.4 is 5.32 Å². The molecule has 0 aliphatic carbocycles. The van der Waals surface area contributed by atoms with E-state index in [9.17, 15) is 0 Å². The van der Waals surface area contributed by atoms with E-state index >= 15 is 0 Å². The first-order valence-electron chi connectivity index (χ1n) is 7.02. The number of nitrogens with one attached hydrogen (secondary N) is 1. The van der Waals surface area contributed by atoms with E-state index in [4.69, 9.17) is 0 Å².